The molecule has 1 aliphatic carbocycles. The normalized spacial score (nSPS) is 19.8. The Morgan fingerprint density at radius 2 is 1.42 bits per heavy atom. The number of hydrogen-bond donors (Lipinski definition) is 1. The molecule has 0 aromatic carbocycles. The maximum absolute atomic E-state index is 5.58. The zero-order valence-corrected chi connectivity index (χ0v) is 8.57. The summed E-state index contributed by atoms with van der Waals surface area (Å²) in [5, 5.41) is 0. The lowest BCUT2D eigenvalue weighted by molar-refractivity contribution is 0.656. The van der Waals surface area contributed by atoms with Gasteiger partial charge in [0.2, 0.25) is 0 Å². The fourth-order valence-corrected chi connectivity index (χ4v) is 2.04. The van der Waals surface area contributed by atoms with Crippen LogP contribution < -0.4 is 5.73 Å². The van der Waals surface area contributed by atoms with E-state index in [9.17, 15) is 0 Å². The molecule has 0 fully saturated rings. The molecule has 0 amide bonds. The lowest BCUT2D eigenvalue weighted by Gasteiger charge is -2.12. The molecule has 1 aliphatic rings. The molecule has 0 heterocycles. The standard InChI is InChI=1S/C11H19N/c1-7-8(2)10(4)11(5-6-12)9(7)3/h11H,5-6,12H2,1-4H3. The van der Waals surface area contributed by atoms with Crippen molar-refractivity contribution < 1.29 is 0 Å². The van der Waals surface area contributed by atoms with Gasteiger partial charge >= 0.3 is 0 Å². The Balaban J connectivity index is 2.91. The highest BCUT2D eigenvalue weighted by atomic mass is 14.5. The van der Waals surface area contributed by atoms with Crippen LogP contribution in [0.4, 0.5) is 0 Å². The minimum atomic E-state index is 0.634. The van der Waals surface area contributed by atoms with Crippen LogP contribution in [0.15, 0.2) is 22.3 Å². The molecule has 0 bridgehead atoms. The first-order valence-corrected chi connectivity index (χ1v) is 4.64. The second-order valence-corrected chi connectivity index (χ2v) is 3.75. The van der Waals surface area contributed by atoms with E-state index >= 15 is 0 Å². The highest BCUT2D eigenvalue weighted by Gasteiger charge is 2.22. The van der Waals surface area contributed by atoms with Crippen molar-refractivity contribution in [2.24, 2.45) is 11.7 Å². The summed E-state index contributed by atoms with van der Waals surface area (Å²) < 4.78 is 0. The molecule has 0 atom stereocenters. The molecule has 2 N–H and O–H groups in total. The molecule has 0 unspecified atom stereocenters. The Morgan fingerprint density at radius 1 is 1.00 bits per heavy atom. The Kier molecular flexibility index (Phi) is 2.73. The highest BCUT2D eigenvalue weighted by Crippen LogP contribution is 2.37. The van der Waals surface area contributed by atoms with Gasteiger partial charge in [-0.1, -0.05) is 11.1 Å². The Labute approximate surface area is 75.3 Å². The van der Waals surface area contributed by atoms with E-state index in [-0.39, 0.29) is 0 Å². The molecule has 0 aliphatic heterocycles. The van der Waals surface area contributed by atoms with Gasteiger partial charge in [-0.25, -0.2) is 0 Å². The molecule has 1 rings (SSSR count). The molecule has 1 heteroatoms. The van der Waals surface area contributed by atoms with Crippen LogP contribution in [0.3, 0.4) is 0 Å². The Morgan fingerprint density at radius 3 is 1.75 bits per heavy atom. The maximum Gasteiger partial charge on any atom is 0.00250 e. The summed E-state index contributed by atoms with van der Waals surface area (Å²) in [5.74, 6) is 0.634. The third kappa shape index (κ3) is 1.34. The van der Waals surface area contributed by atoms with Crippen molar-refractivity contribution in [1.82, 2.24) is 0 Å². The van der Waals surface area contributed by atoms with Gasteiger partial charge in [0.05, 0.1) is 0 Å². The summed E-state index contributed by atoms with van der Waals surface area (Å²) >= 11 is 0. The zero-order valence-electron chi connectivity index (χ0n) is 8.57. The summed E-state index contributed by atoms with van der Waals surface area (Å²) in [4.78, 5) is 0. The quantitative estimate of drug-likeness (QED) is 0.668. The lowest BCUT2D eigenvalue weighted by atomic mass is 9.93. The van der Waals surface area contributed by atoms with E-state index in [1.807, 2.05) is 0 Å². The fourth-order valence-electron chi connectivity index (χ4n) is 2.04. The molecule has 1 nitrogen and oxygen atoms in total. The molecule has 12 heavy (non-hydrogen) atoms. The van der Waals surface area contributed by atoms with Gasteiger partial charge in [-0.15, -0.1) is 0 Å². The van der Waals surface area contributed by atoms with Crippen LogP contribution in [0.2, 0.25) is 0 Å². The van der Waals surface area contributed by atoms with Crippen molar-refractivity contribution >= 4 is 0 Å². The molecular formula is C11H19N. The van der Waals surface area contributed by atoms with Gasteiger partial charge < -0.3 is 5.73 Å². The molecule has 0 saturated heterocycles. The van der Waals surface area contributed by atoms with Gasteiger partial charge in [0.15, 0.2) is 0 Å². The van der Waals surface area contributed by atoms with Gasteiger partial charge in [0.25, 0.3) is 0 Å². The molecule has 0 aromatic rings. The van der Waals surface area contributed by atoms with Gasteiger partial charge in [-0.05, 0) is 51.8 Å². The number of rotatable bonds is 2. The van der Waals surface area contributed by atoms with Crippen LogP contribution >= 0.6 is 0 Å². The van der Waals surface area contributed by atoms with Crippen LogP contribution in [0.5, 0.6) is 0 Å². The average Bonchev–Trinajstić information content (AvgIpc) is 2.23. The zero-order chi connectivity index (χ0) is 9.30. The van der Waals surface area contributed by atoms with E-state index in [0.717, 1.165) is 13.0 Å². The summed E-state index contributed by atoms with van der Waals surface area (Å²) in [6.07, 6.45) is 1.10. The second kappa shape index (κ2) is 3.44. The monoisotopic (exact) mass is 165 g/mol. The predicted molar refractivity (Wildman–Crippen MR) is 53.9 cm³/mol. The number of nitrogens with two attached hydrogens (primary N) is 1. The largest absolute Gasteiger partial charge is 0.330 e. The second-order valence-electron chi connectivity index (χ2n) is 3.75. The van der Waals surface area contributed by atoms with Crippen molar-refractivity contribution in [2.75, 3.05) is 6.54 Å². The van der Waals surface area contributed by atoms with Crippen LogP contribution in [0.25, 0.3) is 0 Å². The number of hydrogen-bond acceptors (Lipinski definition) is 1. The summed E-state index contributed by atoms with van der Waals surface area (Å²) in [6, 6.07) is 0. The minimum Gasteiger partial charge on any atom is -0.330 e. The third-order valence-corrected chi connectivity index (χ3v) is 3.25. The molecule has 0 radical (unpaired) electrons. The SMILES string of the molecule is CC1=C(C)C(CCN)C(C)=C1C. The van der Waals surface area contributed by atoms with E-state index in [1.54, 1.807) is 0 Å². The first-order chi connectivity index (χ1) is 5.59. The van der Waals surface area contributed by atoms with Crippen molar-refractivity contribution in [3.05, 3.63) is 22.3 Å². The van der Waals surface area contributed by atoms with E-state index in [1.165, 1.54) is 22.3 Å². The van der Waals surface area contributed by atoms with Gasteiger partial charge in [-0.3, -0.25) is 0 Å². The molecule has 68 valence electrons. The third-order valence-electron chi connectivity index (χ3n) is 3.25. The van der Waals surface area contributed by atoms with Crippen molar-refractivity contribution in [3.8, 4) is 0 Å². The van der Waals surface area contributed by atoms with Crippen LogP contribution in [-0.2, 0) is 0 Å². The van der Waals surface area contributed by atoms with Crippen molar-refractivity contribution in [1.29, 1.82) is 0 Å². The van der Waals surface area contributed by atoms with Gasteiger partial charge in [0, 0.05) is 5.92 Å². The first-order valence-electron chi connectivity index (χ1n) is 4.64. The van der Waals surface area contributed by atoms with Crippen molar-refractivity contribution in [2.45, 2.75) is 34.1 Å². The highest BCUT2D eigenvalue weighted by molar-refractivity contribution is 5.46. The van der Waals surface area contributed by atoms with Crippen LogP contribution in [-0.4, -0.2) is 6.54 Å². The molecular weight excluding hydrogens is 146 g/mol. The molecule has 0 aromatic heterocycles. The maximum atomic E-state index is 5.58. The Bertz CT molecular complexity index is 222. The fraction of sp³-hybridized carbons (Fsp3) is 0.636. The van der Waals surface area contributed by atoms with E-state index in [4.69, 9.17) is 5.73 Å². The lowest BCUT2D eigenvalue weighted by Crippen LogP contribution is -2.09. The average molecular weight is 165 g/mol. The topological polar surface area (TPSA) is 26.0 Å². The Hall–Kier alpha value is -0.560. The summed E-state index contributed by atoms with van der Waals surface area (Å²) in [5.41, 5.74) is 11.6. The van der Waals surface area contributed by atoms with E-state index < -0.39 is 0 Å². The number of allylic oxidation sites excluding steroid dienone is 4. The van der Waals surface area contributed by atoms with Gasteiger partial charge in [-0.2, -0.15) is 0 Å². The predicted octanol–water partition coefficient (Wildman–Crippen LogP) is 2.64. The minimum absolute atomic E-state index is 0.634. The smallest absolute Gasteiger partial charge is 0.00250 e. The summed E-state index contributed by atoms with van der Waals surface area (Å²) in [7, 11) is 0. The van der Waals surface area contributed by atoms with Crippen molar-refractivity contribution in [3.63, 3.8) is 0 Å². The van der Waals surface area contributed by atoms with E-state index in [2.05, 4.69) is 27.7 Å². The van der Waals surface area contributed by atoms with Crippen LogP contribution in [0, 0.1) is 5.92 Å². The molecule has 0 saturated carbocycles. The molecule has 0 spiro atoms. The van der Waals surface area contributed by atoms with Gasteiger partial charge in [0.1, 0.15) is 0 Å². The van der Waals surface area contributed by atoms with E-state index in [0.29, 0.717) is 5.92 Å². The first kappa shape index (κ1) is 9.53. The van der Waals surface area contributed by atoms with Crippen LogP contribution in [0.1, 0.15) is 34.1 Å². The summed E-state index contributed by atoms with van der Waals surface area (Å²) in [6.45, 7) is 9.68.